The first kappa shape index (κ1) is 18.0. The van der Waals surface area contributed by atoms with Crippen molar-refractivity contribution in [2.24, 2.45) is 0 Å². The maximum Gasteiger partial charge on any atom is 0.180 e. The third-order valence-electron chi connectivity index (χ3n) is 1.67. The average Bonchev–Trinajstić information content (AvgIpc) is 2.67. The molecule has 18 heavy (non-hydrogen) atoms. The van der Waals surface area contributed by atoms with Crippen LogP contribution in [0.15, 0.2) is 18.6 Å². The second-order valence-corrected chi connectivity index (χ2v) is 11.0. The van der Waals surface area contributed by atoms with E-state index in [4.69, 9.17) is 8.83 Å². The van der Waals surface area contributed by atoms with E-state index in [1.54, 1.807) is 21.6 Å². The summed E-state index contributed by atoms with van der Waals surface area (Å²) in [7, 11) is 3.44. The van der Waals surface area contributed by atoms with Crippen LogP contribution in [0.3, 0.4) is 0 Å². The summed E-state index contributed by atoms with van der Waals surface area (Å²) < 4.78 is 17.4. The highest BCUT2D eigenvalue weighted by Crippen LogP contribution is 2.47. The lowest BCUT2D eigenvalue weighted by Gasteiger charge is -1.98. The van der Waals surface area contributed by atoms with E-state index in [0.29, 0.717) is 0 Å². The van der Waals surface area contributed by atoms with Crippen LogP contribution in [0.5, 0.6) is 0 Å². The van der Waals surface area contributed by atoms with Gasteiger partial charge in [-0.1, -0.05) is 0 Å². The topological polar surface area (TPSA) is 26.3 Å². The Morgan fingerprint density at radius 1 is 0.556 bits per heavy atom. The van der Waals surface area contributed by atoms with Crippen LogP contribution >= 0.6 is 157 Å². The molecule has 2 aromatic rings. The number of rotatable bonds is 3. The molecule has 2 heterocycles. The van der Waals surface area contributed by atoms with Gasteiger partial charge in [0.15, 0.2) is 15.1 Å². The highest BCUT2D eigenvalue weighted by atomic mass is 127. The zero-order valence-electron chi connectivity index (χ0n) is 7.90. The normalized spacial score (nSPS) is 11.2. The number of furan rings is 2. The van der Waals surface area contributed by atoms with Gasteiger partial charge in [-0.25, -0.2) is 0 Å². The lowest BCUT2D eigenvalue weighted by Crippen LogP contribution is -1.75. The number of halogens is 6. The van der Waals surface area contributed by atoms with Crippen LogP contribution in [0.1, 0.15) is 0 Å². The zero-order chi connectivity index (χ0) is 13.4. The number of hydrogen-bond donors (Lipinski definition) is 0. The Morgan fingerprint density at radius 2 is 0.889 bits per heavy atom. The molecule has 0 aromatic carbocycles. The summed E-state index contributed by atoms with van der Waals surface area (Å²) in [5.41, 5.74) is 0. The van der Waals surface area contributed by atoms with Gasteiger partial charge < -0.3 is 8.83 Å². The van der Waals surface area contributed by atoms with Gasteiger partial charge >= 0.3 is 0 Å². The molecule has 0 atom stereocenters. The summed E-state index contributed by atoms with van der Waals surface area (Å²) in [5, 5.41) is 0. The van der Waals surface area contributed by atoms with E-state index < -0.39 is 0 Å². The van der Waals surface area contributed by atoms with E-state index in [1.165, 1.54) is 16.9 Å². The third kappa shape index (κ3) is 4.13. The Labute approximate surface area is 193 Å². The van der Waals surface area contributed by atoms with E-state index in [1.807, 2.05) is 0 Å². The van der Waals surface area contributed by atoms with Gasteiger partial charge in [0, 0.05) is 90.4 Å². The standard InChI is InChI=1S/C8I6O2S2/c9-1-3(7(13)15-5(1)11)17-18-4-2(10)6(12)16-8(4)14. The van der Waals surface area contributed by atoms with E-state index in [2.05, 4.69) is 136 Å². The first-order valence-electron chi connectivity index (χ1n) is 4.03. The fourth-order valence-electron chi connectivity index (χ4n) is 0.913. The van der Waals surface area contributed by atoms with Gasteiger partial charge in [0.1, 0.15) is 0 Å². The van der Waals surface area contributed by atoms with Crippen molar-refractivity contribution in [3.63, 3.8) is 0 Å². The SMILES string of the molecule is Ic1oc(I)c(SSc2c(I)oc(I)c2I)c1I. The third-order valence-corrected chi connectivity index (χ3v) is 12.7. The van der Waals surface area contributed by atoms with Crippen LogP contribution in [-0.2, 0) is 0 Å². The summed E-state index contributed by atoms with van der Waals surface area (Å²) in [6.45, 7) is 0. The molecule has 0 fully saturated rings. The molecule has 0 unspecified atom stereocenters. The summed E-state index contributed by atoms with van der Waals surface area (Å²) in [4.78, 5) is 2.38. The van der Waals surface area contributed by atoms with Gasteiger partial charge in [0.25, 0.3) is 0 Å². The molecular weight excluding hydrogens is 954 g/mol. The van der Waals surface area contributed by atoms with Crippen molar-refractivity contribution in [3.05, 3.63) is 22.2 Å². The Morgan fingerprint density at radius 3 is 1.11 bits per heavy atom. The Hall–Kier alpha value is 3.64. The molecule has 0 aliphatic carbocycles. The van der Waals surface area contributed by atoms with Gasteiger partial charge in [-0.2, -0.15) is 0 Å². The molecule has 0 radical (unpaired) electrons. The smallest absolute Gasteiger partial charge is 0.180 e. The molecule has 10 heteroatoms. The average molecular weight is 954 g/mol. The second-order valence-electron chi connectivity index (χ2n) is 2.75. The molecule has 2 nitrogen and oxygen atoms in total. The van der Waals surface area contributed by atoms with Crippen molar-refractivity contribution in [2.45, 2.75) is 9.79 Å². The van der Waals surface area contributed by atoms with Crippen LogP contribution in [0.4, 0.5) is 0 Å². The minimum absolute atomic E-state index is 0.946. The lowest BCUT2D eigenvalue weighted by molar-refractivity contribution is 0.502. The van der Waals surface area contributed by atoms with Crippen molar-refractivity contribution in [2.75, 3.05) is 0 Å². The van der Waals surface area contributed by atoms with Gasteiger partial charge in [0.05, 0.1) is 16.9 Å². The molecule has 0 amide bonds. The molecule has 0 saturated carbocycles. The highest BCUT2D eigenvalue weighted by Gasteiger charge is 2.20. The summed E-state index contributed by atoms with van der Waals surface area (Å²) >= 11 is 13.5. The van der Waals surface area contributed by atoms with Crippen LogP contribution < -0.4 is 0 Å². The molecule has 0 bridgehead atoms. The molecule has 98 valence electrons. The minimum atomic E-state index is 0.946. The van der Waals surface area contributed by atoms with Crippen LogP contribution in [0.2, 0.25) is 0 Å². The van der Waals surface area contributed by atoms with Crippen LogP contribution in [0, 0.1) is 22.2 Å². The monoisotopic (exact) mass is 953 g/mol. The Balaban J connectivity index is 2.21. The Kier molecular flexibility index (Phi) is 7.95. The first-order valence-corrected chi connectivity index (χ1v) is 12.6. The maximum atomic E-state index is 5.60. The molecule has 2 rings (SSSR count). The quantitative estimate of drug-likeness (QED) is 0.239. The predicted molar refractivity (Wildman–Crippen MR) is 125 cm³/mol. The van der Waals surface area contributed by atoms with Crippen molar-refractivity contribution in [1.29, 1.82) is 0 Å². The molecule has 2 aromatic heterocycles. The molecule has 0 saturated heterocycles. The second kappa shape index (κ2) is 7.95. The molecule has 0 aliphatic rings. The van der Waals surface area contributed by atoms with E-state index in [-0.39, 0.29) is 0 Å². The fourth-order valence-corrected chi connectivity index (χ4v) is 11.1. The van der Waals surface area contributed by atoms with Crippen molar-refractivity contribution >= 4 is 157 Å². The highest BCUT2D eigenvalue weighted by molar-refractivity contribution is 14.1. The Bertz CT molecular complexity index is 541. The molecule has 0 spiro atoms. The maximum absolute atomic E-state index is 5.60. The van der Waals surface area contributed by atoms with Gasteiger partial charge in [-0.3, -0.25) is 0 Å². The van der Waals surface area contributed by atoms with Crippen molar-refractivity contribution < 1.29 is 8.83 Å². The minimum Gasteiger partial charge on any atom is -0.442 e. The van der Waals surface area contributed by atoms with Crippen molar-refractivity contribution in [1.82, 2.24) is 0 Å². The van der Waals surface area contributed by atoms with Crippen molar-refractivity contribution in [3.8, 4) is 0 Å². The molecular formula is C8I6O2S2. The van der Waals surface area contributed by atoms with Gasteiger partial charge in [0.2, 0.25) is 0 Å². The van der Waals surface area contributed by atoms with Crippen LogP contribution in [-0.4, -0.2) is 0 Å². The van der Waals surface area contributed by atoms with E-state index >= 15 is 0 Å². The lowest BCUT2D eigenvalue weighted by atomic mass is 10.7. The number of hydrogen-bond acceptors (Lipinski definition) is 4. The largest absolute Gasteiger partial charge is 0.442 e. The summed E-state index contributed by atoms with van der Waals surface area (Å²) in [5.74, 6) is 0. The summed E-state index contributed by atoms with van der Waals surface area (Å²) in [6.07, 6.45) is 0. The summed E-state index contributed by atoms with van der Waals surface area (Å²) in [6, 6.07) is 0. The van der Waals surface area contributed by atoms with Gasteiger partial charge in [-0.15, -0.1) is 0 Å². The van der Waals surface area contributed by atoms with Gasteiger partial charge in [-0.05, 0) is 66.8 Å². The fraction of sp³-hybridized carbons (Fsp3) is 0. The predicted octanol–water partition coefficient (Wildman–Crippen LogP) is 7.30. The van der Waals surface area contributed by atoms with Crippen LogP contribution in [0.25, 0.3) is 0 Å². The van der Waals surface area contributed by atoms with E-state index in [9.17, 15) is 0 Å². The first-order chi connectivity index (χ1) is 8.41. The molecule has 0 N–H and O–H groups in total. The molecule has 0 aliphatic heterocycles. The zero-order valence-corrected chi connectivity index (χ0v) is 22.5. The van der Waals surface area contributed by atoms with E-state index in [0.717, 1.165) is 15.1 Å².